The zero-order chi connectivity index (χ0) is 28.2. The molecule has 1 heterocycles. The highest BCUT2D eigenvalue weighted by Gasteiger charge is 2.75. The van der Waals surface area contributed by atoms with Crippen molar-refractivity contribution in [2.75, 3.05) is 6.61 Å². The Labute approximate surface area is 221 Å². The summed E-state index contributed by atoms with van der Waals surface area (Å²) < 4.78 is 23.4. The number of aliphatic hydroxyl groups excluding tert-OH is 5. The third-order valence-corrected chi connectivity index (χ3v) is 11.1. The van der Waals surface area contributed by atoms with Gasteiger partial charge < -0.3 is 35.4 Å². The number of carbonyl (C=O) groups excluding carboxylic acids is 2. The lowest BCUT2D eigenvalue weighted by Gasteiger charge is -2.63. The number of halogens is 1. The first kappa shape index (κ1) is 28.0. The number of carbonyl (C=O) groups is 2. The number of aliphatic hydroxyl groups is 6. The van der Waals surface area contributed by atoms with Crippen molar-refractivity contribution in [2.45, 2.75) is 101 Å². The molecule has 38 heavy (non-hydrogen) atoms. The van der Waals surface area contributed by atoms with Crippen LogP contribution in [0.5, 0.6) is 0 Å². The maximum atomic E-state index is 17.7. The third-order valence-electron chi connectivity index (χ3n) is 11.1. The van der Waals surface area contributed by atoms with Crippen LogP contribution in [-0.2, 0) is 14.3 Å². The van der Waals surface area contributed by atoms with Crippen LogP contribution in [0.3, 0.4) is 0 Å². The van der Waals surface area contributed by atoms with E-state index in [4.69, 9.17) is 4.74 Å². The summed E-state index contributed by atoms with van der Waals surface area (Å²) in [4.78, 5) is 26.0. The van der Waals surface area contributed by atoms with Gasteiger partial charge in [-0.1, -0.05) is 25.5 Å². The molecule has 0 bridgehead atoms. The van der Waals surface area contributed by atoms with E-state index in [9.17, 15) is 40.2 Å². The van der Waals surface area contributed by atoms with Gasteiger partial charge in [-0.3, -0.25) is 9.59 Å². The van der Waals surface area contributed by atoms with Gasteiger partial charge in [-0.2, -0.15) is 0 Å². The lowest BCUT2D eigenvalue weighted by Crippen LogP contribution is -2.69. The molecule has 9 nitrogen and oxygen atoms in total. The molecule has 3 saturated carbocycles. The summed E-state index contributed by atoms with van der Waals surface area (Å²) in [6.45, 7) is 5.65. The van der Waals surface area contributed by atoms with Crippen molar-refractivity contribution >= 4 is 11.6 Å². The highest BCUT2D eigenvalue weighted by Crippen LogP contribution is 2.71. The predicted molar refractivity (Wildman–Crippen MR) is 131 cm³/mol. The molecule has 0 radical (unpaired) electrons. The molecule has 4 fully saturated rings. The molecule has 13 atom stereocenters. The number of fused-ring (bicyclic) bond motifs is 5. The van der Waals surface area contributed by atoms with Crippen molar-refractivity contribution in [1.29, 1.82) is 0 Å². The largest absolute Gasteiger partial charge is 0.390 e. The smallest absolute Gasteiger partial charge is 0.190 e. The van der Waals surface area contributed by atoms with Gasteiger partial charge in [0.2, 0.25) is 0 Å². The summed E-state index contributed by atoms with van der Waals surface area (Å²) in [5.74, 6) is -3.04. The van der Waals surface area contributed by atoms with Crippen molar-refractivity contribution in [2.24, 2.45) is 28.6 Å². The Morgan fingerprint density at radius 3 is 2.39 bits per heavy atom. The highest BCUT2D eigenvalue weighted by atomic mass is 19.1. The molecule has 0 amide bonds. The van der Waals surface area contributed by atoms with Crippen molar-refractivity contribution in [1.82, 2.24) is 0 Å². The minimum atomic E-state index is -2.27. The van der Waals surface area contributed by atoms with E-state index in [1.165, 1.54) is 19.1 Å². The van der Waals surface area contributed by atoms with E-state index in [1.807, 2.05) is 0 Å². The Hall–Kier alpha value is -1.53. The van der Waals surface area contributed by atoms with Crippen LogP contribution in [0.25, 0.3) is 0 Å². The van der Waals surface area contributed by atoms with Gasteiger partial charge in [0.05, 0.1) is 12.2 Å². The van der Waals surface area contributed by atoms with Crippen LogP contribution in [0.2, 0.25) is 0 Å². The van der Waals surface area contributed by atoms with Crippen LogP contribution in [0.15, 0.2) is 23.3 Å². The van der Waals surface area contributed by atoms with Crippen LogP contribution < -0.4 is 0 Å². The summed E-state index contributed by atoms with van der Waals surface area (Å²) in [5.41, 5.74) is -6.38. The quantitative estimate of drug-likeness (QED) is 0.293. The van der Waals surface area contributed by atoms with Crippen LogP contribution >= 0.6 is 0 Å². The molecule has 4 aliphatic carbocycles. The second-order valence-corrected chi connectivity index (χ2v) is 12.7. The minimum absolute atomic E-state index is 0.0495. The average Bonchev–Trinajstić information content (AvgIpc) is 3.07. The fourth-order valence-electron chi connectivity index (χ4n) is 8.92. The fraction of sp³-hybridized carbons (Fsp3) is 0.786. The normalized spacial score (nSPS) is 54.4. The number of Topliss-reactive ketones (excluding diaryl/α,β-unsaturated/α-hetero) is 1. The lowest BCUT2D eigenvalue weighted by atomic mass is 9.44. The molecular weight excluding hydrogens is 499 g/mol. The van der Waals surface area contributed by atoms with Gasteiger partial charge in [-0.05, 0) is 57.4 Å². The molecule has 0 aromatic carbocycles. The van der Waals surface area contributed by atoms with E-state index < -0.39 is 94.7 Å². The van der Waals surface area contributed by atoms with Gasteiger partial charge in [0, 0.05) is 22.3 Å². The molecule has 0 unspecified atom stereocenters. The molecule has 5 aliphatic rings. The molecular formula is C28H39FO9. The van der Waals surface area contributed by atoms with Crippen molar-refractivity contribution in [3.05, 3.63) is 23.3 Å². The number of hydrogen-bond donors (Lipinski definition) is 6. The van der Waals surface area contributed by atoms with E-state index in [0.29, 0.717) is 24.8 Å². The molecule has 1 aliphatic heterocycles. The summed E-state index contributed by atoms with van der Waals surface area (Å²) >= 11 is 0. The summed E-state index contributed by atoms with van der Waals surface area (Å²) in [5, 5.41) is 63.9. The van der Waals surface area contributed by atoms with Crippen molar-refractivity contribution in [3.63, 3.8) is 0 Å². The first-order chi connectivity index (χ1) is 17.6. The maximum absolute atomic E-state index is 17.7. The van der Waals surface area contributed by atoms with Gasteiger partial charge in [-0.15, -0.1) is 0 Å². The van der Waals surface area contributed by atoms with Gasteiger partial charge in [0.25, 0.3) is 0 Å². The van der Waals surface area contributed by atoms with Crippen molar-refractivity contribution < 1.29 is 49.4 Å². The SMILES string of the molecule is C[C@@H]1C[C@H]2[C@@H]3CCC4=CC(=O)C([C@@H]5O[C@H](C)[C@H](O)[C@H](O)[C@H]5O)=C[C@]4(C)[C@@]3(F)[C@@H](O)C[C@]2(C)[C@@]1(O)C(=O)CO. The Bertz CT molecular complexity index is 1110. The number of ether oxygens (including phenoxy) is 1. The first-order valence-corrected chi connectivity index (χ1v) is 13.5. The molecule has 1 saturated heterocycles. The molecule has 0 aromatic rings. The minimum Gasteiger partial charge on any atom is -0.390 e. The molecule has 0 spiro atoms. The topological polar surface area (TPSA) is 165 Å². The molecule has 0 aromatic heterocycles. The lowest BCUT2D eigenvalue weighted by molar-refractivity contribution is -0.221. The summed E-state index contributed by atoms with van der Waals surface area (Å²) in [6.07, 6.45) is -4.87. The Kier molecular flexibility index (Phi) is 6.44. The zero-order valence-corrected chi connectivity index (χ0v) is 22.2. The zero-order valence-electron chi connectivity index (χ0n) is 22.2. The van der Waals surface area contributed by atoms with Crippen LogP contribution in [0, 0.1) is 28.6 Å². The van der Waals surface area contributed by atoms with Gasteiger partial charge in [0.1, 0.15) is 36.6 Å². The summed E-state index contributed by atoms with van der Waals surface area (Å²) in [6, 6.07) is 0. The number of rotatable bonds is 3. The van der Waals surface area contributed by atoms with Crippen LogP contribution in [0.4, 0.5) is 4.39 Å². The Morgan fingerprint density at radius 1 is 1.11 bits per heavy atom. The molecule has 6 N–H and O–H groups in total. The highest BCUT2D eigenvalue weighted by molar-refractivity contribution is 6.07. The van der Waals surface area contributed by atoms with Gasteiger partial charge in [0.15, 0.2) is 17.2 Å². The van der Waals surface area contributed by atoms with E-state index in [1.54, 1.807) is 20.8 Å². The maximum Gasteiger partial charge on any atom is 0.190 e. The number of hydrogen-bond acceptors (Lipinski definition) is 9. The number of ketones is 2. The summed E-state index contributed by atoms with van der Waals surface area (Å²) in [7, 11) is 0. The van der Waals surface area contributed by atoms with Crippen LogP contribution in [-0.4, -0.2) is 96.7 Å². The van der Waals surface area contributed by atoms with E-state index in [0.717, 1.165) is 0 Å². The fourth-order valence-corrected chi connectivity index (χ4v) is 8.92. The molecule has 10 heteroatoms. The monoisotopic (exact) mass is 538 g/mol. The first-order valence-electron chi connectivity index (χ1n) is 13.5. The number of allylic oxidation sites excluding steroid dienone is 3. The molecule has 212 valence electrons. The van der Waals surface area contributed by atoms with E-state index in [-0.39, 0.29) is 12.0 Å². The Morgan fingerprint density at radius 2 is 1.76 bits per heavy atom. The average molecular weight is 539 g/mol. The van der Waals surface area contributed by atoms with E-state index in [2.05, 4.69) is 0 Å². The third kappa shape index (κ3) is 3.22. The van der Waals surface area contributed by atoms with Gasteiger partial charge in [-0.25, -0.2) is 4.39 Å². The van der Waals surface area contributed by atoms with Crippen LogP contribution in [0.1, 0.15) is 53.4 Å². The standard InChI is InChI=1S/C28H39FO9/c1-12-7-17-16-6-5-14-8-18(31)15(24-23(36)22(35)21(34)13(2)38-24)9-25(14,3)27(16,29)19(32)10-26(17,4)28(12,37)20(33)11-30/h8-9,12-13,16-17,19,21-24,30,32,34-37H,5-7,10-11H2,1-4H3/t12-,13-,16+,17+,19+,21+,22+,23-,24+,25+,26+,27+,28+/m1/s1. The predicted octanol–water partition coefficient (Wildman–Crippen LogP) is 0.136. The van der Waals surface area contributed by atoms with E-state index >= 15 is 4.39 Å². The van der Waals surface area contributed by atoms with Gasteiger partial charge >= 0.3 is 0 Å². The number of alkyl halides is 1. The Balaban J connectivity index is 1.59. The van der Waals surface area contributed by atoms with Crippen molar-refractivity contribution in [3.8, 4) is 0 Å². The second kappa shape index (κ2) is 8.73. The molecule has 5 rings (SSSR count). The second-order valence-electron chi connectivity index (χ2n) is 12.7.